The average molecular weight is 272 g/mol. The Hall–Kier alpha value is -2.17. The average Bonchev–Trinajstić information content (AvgIpc) is 2.91. The van der Waals surface area contributed by atoms with E-state index in [1.807, 2.05) is 19.1 Å². The molecule has 1 aromatic heterocycles. The number of aryl methyl sites for hydroxylation is 1. The van der Waals surface area contributed by atoms with Gasteiger partial charge in [-0.3, -0.25) is 0 Å². The number of rotatable bonds is 3. The molecule has 20 heavy (non-hydrogen) atoms. The van der Waals surface area contributed by atoms with Crippen molar-refractivity contribution in [3.63, 3.8) is 0 Å². The van der Waals surface area contributed by atoms with E-state index in [9.17, 15) is 4.39 Å². The summed E-state index contributed by atoms with van der Waals surface area (Å²) >= 11 is 0. The first-order valence-corrected chi connectivity index (χ1v) is 6.84. The quantitative estimate of drug-likeness (QED) is 0.931. The Morgan fingerprint density at radius 2 is 1.95 bits per heavy atom. The lowest BCUT2D eigenvalue weighted by Crippen LogP contribution is -2.21. The van der Waals surface area contributed by atoms with Crippen molar-refractivity contribution in [2.75, 3.05) is 23.3 Å². The van der Waals surface area contributed by atoms with Crippen LogP contribution in [0.3, 0.4) is 0 Å². The topological polar surface area (TPSA) is 41.1 Å². The van der Waals surface area contributed by atoms with Crippen molar-refractivity contribution in [3.8, 4) is 0 Å². The van der Waals surface area contributed by atoms with E-state index < -0.39 is 0 Å². The fraction of sp³-hybridized carbons (Fsp3) is 0.333. The van der Waals surface area contributed by atoms with Crippen LogP contribution in [-0.2, 0) is 0 Å². The van der Waals surface area contributed by atoms with Crippen LogP contribution in [0.25, 0.3) is 0 Å². The monoisotopic (exact) mass is 272 g/mol. The summed E-state index contributed by atoms with van der Waals surface area (Å²) in [5.41, 5.74) is 1.59. The Bertz CT molecular complexity index is 609. The third-order valence-corrected chi connectivity index (χ3v) is 3.33. The second-order valence-electron chi connectivity index (χ2n) is 5.02. The van der Waals surface area contributed by atoms with Gasteiger partial charge in [-0.05, 0) is 38.0 Å². The molecule has 0 radical (unpaired) electrons. The first kappa shape index (κ1) is 12.8. The zero-order valence-corrected chi connectivity index (χ0v) is 11.4. The Balaban J connectivity index is 1.85. The molecule has 0 amide bonds. The molecule has 1 aromatic carbocycles. The minimum atomic E-state index is -0.263. The molecule has 5 heteroatoms. The Morgan fingerprint density at radius 1 is 1.15 bits per heavy atom. The summed E-state index contributed by atoms with van der Waals surface area (Å²) in [5, 5.41) is 3.13. The number of aromatic nitrogens is 2. The zero-order valence-electron chi connectivity index (χ0n) is 11.4. The van der Waals surface area contributed by atoms with Gasteiger partial charge in [0.25, 0.3) is 0 Å². The van der Waals surface area contributed by atoms with Gasteiger partial charge in [-0.2, -0.15) is 4.98 Å². The van der Waals surface area contributed by atoms with Crippen molar-refractivity contribution >= 4 is 17.5 Å². The molecule has 1 aliphatic heterocycles. The highest BCUT2D eigenvalue weighted by Crippen LogP contribution is 2.21. The lowest BCUT2D eigenvalue weighted by atomic mass is 10.3. The predicted molar refractivity (Wildman–Crippen MR) is 77.9 cm³/mol. The molecule has 104 valence electrons. The number of hydrogen-bond acceptors (Lipinski definition) is 4. The van der Waals surface area contributed by atoms with Crippen molar-refractivity contribution < 1.29 is 4.39 Å². The van der Waals surface area contributed by atoms with Crippen LogP contribution in [0.1, 0.15) is 18.5 Å². The molecule has 1 fully saturated rings. The normalized spacial score (nSPS) is 14.6. The molecule has 0 saturated carbocycles. The van der Waals surface area contributed by atoms with Gasteiger partial charge in [-0.15, -0.1) is 0 Å². The van der Waals surface area contributed by atoms with Gasteiger partial charge >= 0.3 is 0 Å². The molecule has 0 spiro atoms. The lowest BCUT2D eigenvalue weighted by Gasteiger charge is -2.17. The van der Waals surface area contributed by atoms with Gasteiger partial charge in [0, 0.05) is 30.5 Å². The predicted octanol–water partition coefficient (Wildman–Crippen LogP) is 3.27. The fourth-order valence-corrected chi connectivity index (χ4v) is 2.39. The third-order valence-electron chi connectivity index (χ3n) is 3.33. The number of nitrogens with one attached hydrogen (secondary N) is 1. The Labute approximate surface area is 117 Å². The molecule has 0 aliphatic carbocycles. The summed E-state index contributed by atoms with van der Waals surface area (Å²) in [5.74, 6) is 1.19. The van der Waals surface area contributed by atoms with Crippen LogP contribution in [0.15, 0.2) is 30.3 Å². The van der Waals surface area contributed by atoms with Gasteiger partial charge in [0.2, 0.25) is 5.95 Å². The lowest BCUT2D eigenvalue weighted by molar-refractivity contribution is 0.628. The van der Waals surface area contributed by atoms with E-state index in [0.717, 1.165) is 24.7 Å². The number of nitrogens with zero attached hydrogens (tertiary/aromatic N) is 3. The van der Waals surface area contributed by atoms with E-state index in [2.05, 4.69) is 20.2 Å². The molecule has 4 nitrogen and oxygen atoms in total. The molecule has 0 atom stereocenters. The van der Waals surface area contributed by atoms with E-state index in [-0.39, 0.29) is 5.82 Å². The van der Waals surface area contributed by atoms with Crippen LogP contribution < -0.4 is 10.2 Å². The van der Waals surface area contributed by atoms with Gasteiger partial charge in [-0.1, -0.05) is 6.07 Å². The van der Waals surface area contributed by atoms with E-state index in [4.69, 9.17) is 0 Å². The van der Waals surface area contributed by atoms with Crippen LogP contribution in [-0.4, -0.2) is 23.1 Å². The second-order valence-corrected chi connectivity index (χ2v) is 5.02. The van der Waals surface area contributed by atoms with Gasteiger partial charge in [0.1, 0.15) is 11.6 Å². The van der Waals surface area contributed by atoms with Gasteiger partial charge in [0.05, 0.1) is 0 Å². The molecule has 3 rings (SSSR count). The van der Waals surface area contributed by atoms with Crippen molar-refractivity contribution in [1.82, 2.24) is 9.97 Å². The molecule has 2 heterocycles. The van der Waals surface area contributed by atoms with Crippen molar-refractivity contribution in [2.24, 2.45) is 0 Å². The second kappa shape index (κ2) is 5.45. The van der Waals surface area contributed by atoms with Crippen molar-refractivity contribution in [1.29, 1.82) is 0 Å². The summed E-state index contributed by atoms with van der Waals surface area (Å²) < 4.78 is 13.2. The number of anilines is 3. The Morgan fingerprint density at radius 3 is 2.70 bits per heavy atom. The number of hydrogen-bond donors (Lipinski definition) is 1. The molecule has 0 unspecified atom stereocenters. The van der Waals surface area contributed by atoms with Gasteiger partial charge in [0.15, 0.2) is 0 Å². The summed E-state index contributed by atoms with van der Waals surface area (Å²) in [7, 11) is 0. The van der Waals surface area contributed by atoms with Crippen LogP contribution in [0.5, 0.6) is 0 Å². The van der Waals surface area contributed by atoms with Crippen molar-refractivity contribution in [2.45, 2.75) is 19.8 Å². The molecule has 0 bridgehead atoms. The Kier molecular flexibility index (Phi) is 3.50. The highest BCUT2D eigenvalue weighted by atomic mass is 19.1. The molecule has 2 aromatic rings. The molecule has 1 N–H and O–H groups in total. The standard InChI is InChI=1S/C15H17FN4/c1-11-9-14(18-13-6-4-5-12(16)10-13)19-15(17-11)20-7-2-3-8-20/h4-6,9-10H,2-3,7-8H2,1H3,(H,17,18,19). The molecular formula is C15H17FN4. The molecular weight excluding hydrogens is 255 g/mol. The largest absolute Gasteiger partial charge is 0.341 e. The number of halogens is 1. The van der Waals surface area contributed by atoms with Crippen LogP contribution in [0.2, 0.25) is 0 Å². The minimum absolute atomic E-state index is 0.263. The van der Waals surface area contributed by atoms with E-state index >= 15 is 0 Å². The van der Waals surface area contributed by atoms with Crippen molar-refractivity contribution in [3.05, 3.63) is 41.8 Å². The maximum absolute atomic E-state index is 13.2. The van der Waals surface area contributed by atoms with Gasteiger partial charge in [-0.25, -0.2) is 9.37 Å². The van der Waals surface area contributed by atoms with Crippen LogP contribution in [0.4, 0.5) is 21.8 Å². The van der Waals surface area contributed by atoms with E-state index in [0.29, 0.717) is 11.5 Å². The maximum atomic E-state index is 13.2. The third kappa shape index (κ3) is 2.87. The first-order chi connectivity index (χ1) is 9.70. The summed E-state index contributed by atoms with van der Waals surface area (Å²) in [6.07, 6.45) is 2.37. The highest BCUT2D eigenvalue weighted by Gasteiger charge is 2.15. The van der Waals surface area contributed by atoms with Gasteiger partial charge < -0.3 is 10.2 Å². The smallest absolute Gasteiger partial charge is 0.227 e. The zero-order chi connectivity index (χ0) is 13.9. The fourth-order valence-electron chi connectivity index (χ4n) is 2.39. The van der Waals surface area contributed by atoms with Crippen LogP contribution >= 0.6 is 0 Å². The van der Waals surface area contributed by atoms with E-state index in [1.165, 1.54) is 25.0 Å². The van der Waals surface area contributed by atoms with Crippen LogP contribution in [0, 0.1) is 12.7 Å². The molecule has 1 saturated heterocycles. The SMILES string of the molecule is Cc1cc(Nc2cccc(F)c2)nc(N2CCCC2)n1. The maximum Gasteiger partial charge on any atom is 0.227 e. The van der Waals surface area contributed by atoms with E-state index in [1.54, 1.807) is 6.07 Å². The summed E-state index contributed by atoms with van der Waals surface area (Å²) in [4.78, 5) is 11.2. The first-order valence-electron chi connectivity index (χ1n) is 6.84. The summed E-state index contributed by atoms with van der Waals surface area (Å²) in [6.45, 7) is 3.95. The minimum Gasteiger partial charge on any atom is -0.341 e. The molecule has 1 aliphatic rings. The summed E-state index contributed by atoms with van der Waals surface area (Å²) in [6, 6.07) is 8.23. The number of benzene rings is 1. The highest BCUT2D eigenvalue weighted by molar-refractivity contribution is 5.57.